The molecule has 0 spiro atoms. The predicted molar refractivity (Wildman–Crippen MR) is 46.3 cm³/mol. The van der Waals surface area contributed by atoms with Gasteiger partial charge >= 0.3 is 5.97 Å². The van der Waals surface area contributed by atoms with Crippen molar-refractivity contribution in [2.45, 2.75) is 26.4 Å². The molecular formula is C10H13O2. The van der Waals surface area contributed by atoms with Crippen molar-refractivity contribution in [2.24, 2.45) is 0 Å². The molecule has 0 heterocycles. The molecule has 12 heavy (non-hydrogen) atoms. The van der Waals surface area contributed by atoms with Crippen LogP contribution < -0.4 is 0 Å². The number of carbonyl (C=O) groups excluding carboxylic acids is 1. The Labute approximate surface area is 74.3 Å². The fraction of sp³-hybridized carbons (Fsp3) is 0.400. The van der Waals surface area contributed by atoms with Gasteiger partial charge in [0.1, 0.15) is 5.60 Å². The lowest BCUT2D eigenvalue weighted by molar-refractivity contribution is -0.151. The first-order valence-corrected chi connectivity index (χ1v) is 3.94. The lowest BCUT2D eigenvalue weighted by atomic mass is 10.1. The Kier molecular flexibility index (Phi) is 2.76. The second-order valence-corrected chi connectivity index (χ2v) is 3.68. The Morgan fingerprint density at radius 3 is 2.17 bits per heavy atom. The van der Waals surface area contributed by atoms with Crippen molar-refractivity contribution in [1.82, 2.24) is 0 Å². The van der Waals surface area contributed by atoms with E-state index in [0.29, 0.717) is 5.92 Å². The van der Waals surface area contributed by atoms with Gasteiger partial charge in [-0.3, -0.25) is 4.79 Å². The highest BCUT2D eigenvalue weighted by atomic mass is 16.6. The molecule has 1 aliphatic carbocycles. The first-order chi connectivity index (χ1) is 5.49. The minimum atomic E-state index is -0.408. The van der Waals surface area contributed by atoms with Crippen LogP contribution in [0.1, 0.15) is 20.8 Å². The lowest BCUT2D eigenvalue weighted by Gasteiger charge is -2.21. The summed E-state index contributed by atoms with van der Waals surface area (Å²) in [5.41, 5.74) is -0.408. The third-order valence-corrected chi connectivity index (χ3v) is 1.30. The van der Waals surface area contributed by atoms with Gasteiger partial charge in [-0.15, -0.1) is 0 Å². The Balaban J connectivity index is 2.37. The van der Waals surface area contributed by atoms with E-state index in [0.717, 1.165) is 0 Å². The SMILES string of the molecule is CC(C)(C)OC(=O)[C]1[CH][CH][CH][CH]1. The van der Waals surface area contributed by atoms with E-state index in [4.69, 9.17) is 4.74 Å². The van der Waals surface area contributed by atoms with Crippen LogP contribution in [0.4, 0.5) is 0 Å². The van der Waals surface area contributed by atoms with Crippen molar-refractivity contribution in [1.29, 1.82) is 0 Å². The first-order valence-electron chi connectivity index (χ1n) is 3.94. The van der Waals surface area contributed by atoms with Crippen molar-refractivity contribution < 1.29 is 9.53 Å². The Hall–Kier alpha value is -0.530. The summed E-state index contributed by atoms with van der Waals surface area (Å²) >= 11 is 0. The normalized spacial score (nSPS) is 19.6. The third kappa shape index (κ3) is 2.84. The second kappa shape index (κ2) is 3.46. The molecule has 2 nitrogen and oxygen atoms in total. The average molecular weight is 165 g/mol. The van der Waals surface area contributed by atoms with E-state index in [2.05, 4.69) is 0 Å². The van der Waals surface area contributed by atoms with E-state index in [9.17, 15) is 4.79 Å². The zero-order chi connectivity index (χ0) is 9.19. The molecule has 65 valence electrons. The van der Waals surface area contributed by atoms with Crippen LogP contribution >= 0.6 is 0 Å². The zero-order valence-electron chi connectivity index (χ0n) is 7.63. The number of rotatable bonds is 1. The molecule has 1 fully saturated rings. The molecule has 2 heteroatoms. The topological polar surface area (TPSA) is 26.3 Å². The van der Waals surface area contributed by atoms with Crippen molar-refractivity contribution in [3.63, 3.8) is 0 Å². The summed E-state index contributed by atoms with van der Waals surface area (Å²) in [4.78, 5) is 11.3. The van der Waals surface area contributed by atoms with Crippen LogP contribution in [0.3, 0.4) is 0 Å². The summed E-state index contributed by atoms with van der Waals surface area (Å²) in [5.74, 6) is 0.359. The number of hydrogen-bond donors (Lipinski definition) is 0. The quantitative estimate of drug-likeness (QED) is 0.553. The molecular weight excluding hydrogens is 152 g/mol. The summed E-state index contributed by atoms with van der Waals surface area (Å²) in [6, 6.07) is 0. The van der Waals surface area contributed by atoms with E-state index in [1.165, 1.54) is 0 Å². The van der Waals surface area contributed by atoms with Gasteiger partial charge in [0.05, 0.1) is 5.92 Å². The highest BCUT2D eigenvalue weighted by Crippen LogP contribution is 2.25. The van der Waals surface area contributed by atoms with Gasteiger partial charge in [0.25, 0.3) is 0 Å². The van der Waals surface area contributed by atoms with Gasteiger partial charge in [0.2, 0.25) is 0 Å². The van der Waals surface area contributed by atoms with Crippen molar-refractivity contribution in [3.05, 3.63) is 31.6 Å². The Bertz CT molecular complexity index is 161. The molecule has 1 saturated carbocycles. The molecule has 0 amide bonds. The van der Waals surface area contributed by atoms with Crippen molar-refractivity contribution in [2.75, 3.05) is 0 Å². The Morgan fingerprint density at radius 1 is 1.25 bits per heavy atom. The molecule has 0 saturated heterocycles. The number of hydrogen-bond acceptors (Lipinski definition) is 2. The number of carbonyl (C=O) groups is 1. The number of esters is 1. The smallest absolute Gasteiger partial charge is 0.314 e. The van der Waals surface area contributed by atoms with Gasteiger partial charge in [-0.05, 0) is 46.5 Å². The maximum Gasteiger partial charge on any atom is 0.314 e. The van der Waals surface area contributed by atoms with Gasteiger partial charge < -0.3 is 4.74 Å². The summed E-state index contributed by atoms with van der Waals surface area (Å²) in [6.07, 6.45) is 7.13. The van der Waals surface area contributed by atoms with Crippen LogP contribution in [-0.2, 0) is 9.53 Å². The molecule has 0 aromatic carbocycles. The molecule has 0 bridgehead atoms. The molecule has 5 radical (unpaired) electrons. The van der Waals surface area contributed by atoms with E-state index < -0.39 is 5.60 Å². The Morgan fingerprint density at radius 2 is 1.75 bits per heavy atom. The van der Waals surface area contributed by atoms with Gasteiger partial charge in [-0.1, -0.05) is 0 Å². The van der Waals surface area contributed by atoms with Gasteiger partial charge in [0, 0.05) is 0 Å². The molecule has 0 aromatic heterocycles. The van der Waals surface area contributed by atoms with Crippen LogP contribution in [0, 0.1) is 31.6 Å². The molecule has 0 unspecified atom stereocenters. The minimum Gasteiger partial charge on any atom is -0.459 e. The predicted octanol–water partition coefficient (Wildman–Crippen LogP) is 1.73. The van der Waals surface area contributed by atoms with Gasteiger partial charge in [-0.25, -0.2) is 0 Å². The molecule has 0 aliphatic heterocycles. The van der Waals surface area contributed by atoms with Crippen molar-refractivity contribution >= 4 is 5.97 Å². The maximum atomic E-state index is 11.3. The summed E-state index contributed by atoms with van der Waals surface area (Å²) in [5, 5.41) is 0. The van der Waals surface area contributed by atoms with Crippen LogP contribution in [0.25, 0.3) is 0 Å². The fourth-order valence-corrected chi connectivity index (χ4v) is 0.847. The van der Waals surface area contributed by atoms with E-state index in [1.54, 1.807) is 12.8 Å². The average Bonchev–Trinajstić information content (AvgIpc) is 2.32. The van der Waals surface area contributed by atoms with Crippen LogP contribution in [-0.4, -0.2) is 11.6 Å². The lowest BCUT2D eigenvalue weighted by Crippen LogP contribution is -2.27. The molecule has 1 aliphatic rings. The third-order valence-electron chi connectivity index (χ3n) is 1.30. The fourth-order valence-electron chi connectivity index (χ4n) is 0.847. The highest BCUT2D eigenvalue weighted by Gasteiger charge is 2.28. The van der Waals surface area contributed by atoms with Crippen LogP contribution in [0.2, 0.25) is 0 Å². The number of ether oxygens (including phenoxy) is 1. The van der Waals surface area contributed by atoms with Gasteiger partial charge in [-0.2, -0.15) is 0 Å². The van der Waals surface area contributed by atoms with Crippen LogP contribution in [0.15, 0.2) is 0 Å². The molecule has 0 atom stereocenters. The van der Waals surface area contributed by atoms with Crippen LogP contribution in [0.5, 0.6) is 0 Å². The maximum absolute atomic E-state index is 11.3. The minimum absolute atomic E-state index is 0.257. The summed E-state index contributed by atoms with van der Waals surface area (Å²) in [6.45, 7) is 5.56. The highest BCUT2D eigenvalue weighted by molar-refractivity contribution is 5.91. The largest absolute Gasteiger partial charge is 0.459 e. The standard InChI is InChI=1S/C10H13O2/c1-10(2,3)12-9(11)8-6-4-5-7-8/h4-7H,1-3H3. The molecule has 0 N–H and O–H groups in total. The molecule has 0 aromatic rings. The monoisotopic (exact) mass is 165 g/mol. The summed E-state index contributed by atoms with van der Waals surface area (Å²) < 4.78 is 5.14. The van der Waals surface area contributed by atoms with E-state index in [-0.39, 0.29) is 5.97 Å². The molecule has 1 rings (SSSR count). The van der Waals surface area contributed by atoms with E-state index in [1.807, 2.05) is 33.6 Å². The summed E-state index contributed by atoms with van der Waals surface area (Å²) in [7, 11) is 0. The van der Waals surface area contributed by atoms with E-state index >= 15 is 0 Å². The van der Waals surface area contributed by atoms with Gasteiger partial charge in [0.15, 0.2) is 0 Å². The first kappa shape index (κ1) is 9.56. The van der Waals surface area contributed by atoms with Crippen molar-refractivity contribution in [3.8, 4) is 0 Å². The zero-order valence-corrected chi connectivity index (χ0v) is 7.63. The second-order valence-electron chi connectivity index (χ2n) is 3.68.